The standard InChI is InChI=1S/C16H13ClN4O2/c17-15-12-3-1-2-4-13(12)16(21-20-15)19-10-5-7-11(8-6-10)23-9-14(18)22/h1-8H,9H2,(H2,18,22)(H,19,21). The summed E-state index contributed by atoms with van der Waals surface area (Å²) in [5.74, 6) is 0.646. The van der Waals surface area contributed by atoms with Gasteiger partial charge in [-0.1, -0.05) is 35.9 Å². The normalized spacial score (nSPS) is 10.5. The molecule has 0 atom stereocenters. The Labute approximate surface area is 137 Å². The molecule has 1 heterocycles. The van der Waals surface area contributed by atoms with Crippen LogP contribution in [0.5, 0.6) is 5.75 Å². The van der Waals surface area contributed by atoms with Crippen LogP contribution < -0.4 is 15.8 Å². The van der Waals surface area contributed by atoms with Crippen molar-refractivity contribution in [3.05, 3.63) is 53.7 Å². The number of nitrogens with one attached hydrogen (secondary N) is 1. The third-order valence-corrected chi connectivity index (χ3v) is 3.42. The van der Waals surface area contributed by atoms with Crippen LogP contribution in [0.3, 0.4) is 0 Å². The van der Waals surface area contributed by atoms with E-state index in [-0.39, 0.29) is 6.61 Å². The number of nitrogens with zero attached hydrogens (tertiary/aromatic N) is 2. The molecule has 0 bridgehead atoms. The predicted molar refractivity (Wildman–Crippen MR) is 89.0 cm³/mol. The highest BCUT2D eigenvalue weighted by atomic mass is 35.5. The molecule has 0 aliphatic rings. The number of primary amides is 1. The molecule has 0 unspecified atom stereocenters. The lowest BCUT2D eigenvalue weighted by atomic mass is 10.2. The average Bonchev–Trinajstić information content (AvgIpc) is 2.57. The number of benzene rings is 2. The SMILES string of the molecule is NC(=O)COc1ccc(Nc2nnc(Cl)c3ccccc23)cc1. The highest BCUT2D eigenvalue weighted by Crippen LogP contribution is 2.28. The van der Waals surface area contributed by atoms with Gasteiger partial charge in [-0.15, -0.1) is 10.2 Å². The van der Waals surface area contributed by atoms with Crippen molar-refractivity contribution in [2.24, 2.45) is 5.73 Å². The number of nitrogens with two attached hydrogens (primary N) is 1. The third-order valence-electron chi connectivity index (χ3n) is 3.14. The van der Waals surface area contributed by atoms with Crippen LogP contribution in [0.4, 0.5) is 11.5 Å². The summed E-state index contributed by atoms with van der Waals surface area (Å²) in [7, 11) is 0. The van der Waals surface area contributed by atoms with Gasteiger partial charge in [0, 0.05) is 16.5 Å². The molecule has 23 heavy (non-hydrogen) atoms. The zero-order valence-electron chi connectivity index (χ0n) is 12.0. The number of carbonyl (C=O) groups is 1. The van der Waals surface area contributed by atoms with Gasteiger partial charge in [-0.3, -0.25) is 4.79 Å². The number of anilines is 2. The lowest BCUT2D eigenvalue weighted by Crippen LogP contribution is -2.19. The first-order valence-corrected chi connectivity index (χ1v) is 7.20. The van der Waals surface area contributed by atoms with Crippen LogP contribution in [0, 0.1) is 0 Å². The highest BCUT2D eigenvalue weighted by molar-refractivity contribution is 6.34. The first kappa shape index (κ1) is 15.1. The number of halogens is 1. The van der Waals surface area contributed by atoms with Crippen LogP contribution in [0.25, 0.3) is 10.8 Å². The minimum absolute atomic E-state index is 0.153. The molecule has 0 radical (unpaired) electrons. The van der Waals surface area contributed by atoms with Crippen LogP contribution in [-0.2, 0) is 4.79 Å². The van der Waals surface area contributed by atoms with Crippen LogP contribution in [0.1, 0.15) is 0 Å². The summed E-state index contributed by atoms with van der Waals surface area (Å²) in [6.07, 6.45) is 0. The van der Waals surface area contributed by atoms with Crippen molar-refractivity contribution in [1.82, 2.24) is 10.2 Å². The quantitative estimate of drug-likeness (QED) is 0.751. The van der Waals surface area contributed by atoms with Crippen LogP contribution in [0.15, 0.2) is 48.5 Å². The summed E-state index contributed by atoms with van der Waals surface area (Å²) >= 11 is 6.06. The highest BCUT2D eigenvalue weighted by Gasteiger charge is 2.07. The van der Waals surface area contributed by atoms with Crippen molar-refractivity contribution >= 4 is 39.8 Å². The molecule has 2 aromatic carbocycles. The van der Waals surface area contributed by atoms with Gasteiger partial charge in [0.15, 0.2) is 17.6 Å². The van der Waals surface area contributed by atoms with Gasteiger partial charge in [0.25, 0.3) is 5.91 Å². The number of aromatic nitrogens is 2. The molecule has 0 spiro atoms. The Balaban J connectivity index is 1.82. The van der Waals surface area contributed by atoms with Gasteiger partial charge in [0.2, 0.25) is 0 Å². The molecule has 0 aliphatic heterocycles. The number of hydrogen-bond donors (Lipinski definition) is 2. The summed E-state index contributed by atoms with van der Waals surface area (Å²) < 4.78 is 5.21. The molecule has 116 valence electrons. The monoisotopic (exact) mass is 328 g/mol. The van der Waals surface area contributed by atoms with Crippen molar-refractivity contribution in [1.29, 1.82) is 0 Å². The first-order valence-electron chi connectivity index (χ1n) is 6.82. The minimum Gasteiger partial charge on any atom is -0.484 e. The van der Waals surface area contributed by atoms with Crippen molar-refractivity contribution in [3.63, 3.8) is 0 Å². The molecule has 0 saturated heterocycles. The van der Waals surface area contributed by atoms with Crippen molar-refractivity contribution in [3.8, 4) is 5.75 Å². The summed E-state index contributed by atoms with van der Waals surface area (Å²) in [6, 6.07) is 14.7. The van der Waals surface area contributed by atoms with E-state index in [0.717, 1.165) is 16.5 Å². The third kappa shape index (κ3) is 3.49. The number of carbonyl (C=O) groups excluding carboxylic acids is 1. The number of hydrogen-bond acceptors (Lipinski definition) is 5. The largest absolute Gasteiger partial charge is 0.484 e. The van der Waals surface area contributed by atoms with Gasteiger partial charge in [-0.2, -0.15) is 0 Å². The maximum Gasteiger partial charge on any atom is 0.255 e. The van der Waals surface area contributed by atoms with Crippen molar-refractivity contribution in [2.45, 2.75) is 0 Å². The first-order chi connectivity index (χ1) is 11.1. The van der Waals surface area contributed by atoms with Crippen LogP contribution in [-0.4, -0.2) is 22.7 Å². The average molecular weight is 329 g/mol. The van der Waals surface area contributed by atoms with E-state index in [0.29, 0.717) is 16.7 Å². The lowest BCUT2D eigenvalue weighted by Gasteiger charge is -2.09. The summed E-state index contributed by atoms with van der Waals surface area (Å²) in [4.78, 5) is 10.7. The molecule has 6 nitrogen and oxygen atoms in total. The van der Waals surface area contributed by atoms with Gasteiger partial charge < -0.3 is 15.8 Å². The van der Waals surface area contributed by atoms with E-state index in [9.17, 15) is 4.79 Å². The van der Waals surface area contributed by atoms with E-state index in [2.05, 4.69) is 15.5 Å². The number of rotatable bonds is 5. The van der Waals surface area contributed by atoms with Gasteiger partial charge in [-0.25, -0.2) is 0 Å². The molecule has 0 fully saturated rings. The Morgan fingerprint density at radius 3 is 2.48 bits per heavy atom. The van der Waals surface area contributed by atoms with Gasteiger partial charge >= 0.3 is 0 Å². The number of fused-ring (bicyclic) bond motifs is 1. The van der Waals surface area contributed by atoms with Crippen molar-refractivity contribution in [2.75, 3.05) is 11.9 Å². The van der Waals surface area contributed by atoms with Gasteiger partial charge in [-0.05, 0) is 24.3 Å². The Morgan fingerprint density at radius 1 is 1.09 bits per heavy atom. The van der Waals surface area contributed by atoms with E-state index in [1.807, 2.05) is 24.3 Å². The van der Waals surface area contributed by atoms with E-state index in [1.165, 1.54) is 0 Å². The topological polar surface area (TPSA) is 90.1 Å². The zero-order chi connectivity index (χ0) is 16.2. The van der Waals surface area contributed by atoms with Crippen LogP contribution in [0.2, 0.25) is 5.15 Å². The molecule has 1 aromatic heterocycles. The van der Waals surface area contributed by atoms with Gasteiger partial charge in [0.05, 0.1) is 0 Å². The molecule has 3 rings (SSSR count). The smallest absolute Gasteiger partial charge is 0.255 e. The Morgan fingerprint density at radius 2 is 1.78 bits per heavy atom. The molecule has 0 saturated carbocycles. The minimum atomic E-state index is -0.518. The summed E-state index contributed by atoms with van der Waals surface area (Å²) in [5, 5.41) is 13.3. The fraction of sp³-hybridized carbons (Fsp3) is 0.0625. The van der Waals surface area contributed by atoms with Crippen molar-refractivity contribution < 1.29 is 9.53 Å². The van der Waals surface area contributed by atoms with E-state index >= 15 is 0 Å². The Kier molecular flexibility index (Phi) is 4.25. The molecular weight excluding hydrogens is 316 g/mol. The molecule has 0 aliphatic carbocycles. The molecule has 3 aromatic rings. The molecular formula is C16H13ClN4O2. The second-order valence-corrected chi connectivity index (χ2v) is 5.15. The van der Waals surface area contributed by atoms with E-state index in [4.69, 9.17) is 22.1 Å². The molecule has 1 amide bonds. The molecule has 3 N–H and O–H groups in total. The maximum absolute atomic E-state index is 10.7. The summed E-state index contributed by atoms with van der Waals surface area (Å²) in [5.41, 5.74) is 5.84. The maximum atomic E-state index is 10.7. The zero-order valence-corrected chi connectivity index (χ0v) is 12.7. The fourth-order valence-electron chi connectivity index (χ4n) is 2.09. The van der Waals surface area contributed by atoms with Gasteiger partial charge in [0.1, 0.15) is 5.75 Å². The Bertz CT molecular complexity index is 852. The second-order valence-electron chi connectivity index (χ2n) is 4.79. The van der Waals surface area contributed by atoms with Crippen LogP contribution >= 0.6 is 11.6 Å². The molecule has 7 heteroatoms. The Hall–Kier alpha value is -2.86. The van der Waals surface area contributed by atoms with E-state index < -0.39 is 5.91 Å². The fourth-order valence-corrected chi connectivity index (χ4v) is 2.29. The predicted octanol–water partition coefficient (Wildman–Crippen LogP) is 2.89. The lowest BCUT2D eigenvalue weighted by molar-refractivity contribution is -0.119. The number of amides is 1. The summed E-state index contributed by atoms with van der Waals surface area (Å²) in [6.45, 7) is -0.153. The van der Waals surface area contributed by atoms with E-state index in [1.54, 1.807) is 24.3 Å². The second kappa shape index (κ2) is 6.50. The number of ether oxygens (including phenoxy) is 1.